The Morgan fingerprint density at radius 1 is 1.44 bits per heavy atom. The summed E-state index contributed by atoms with van der Waals surface area (Å²) in [6.07, 6.45) is 2.96. The van der Waals surface area contributed by atoms with Crippen LogP contribution in [0.15, 0.2) is 12.1 Å². The molecule has 2 heterocycles. The van der Waals surface area contributed by atoms with E-state index in [4.69, 9.17) is 5.41 Å². The number of nitrogens with zero attached hydrogens (tertiary/aromatic N) is 2. The molecule has 0 aliphatic heterocycles. The number of nitrogens with one attached hydrogen (secondary N) is 1. The van der Waals surface area contributed by atoms with E-state index >= 15 is 0 Å². The van der Waals surface area contributed by atoms with Crippen LogP contribution in [0.4, 0.5) is 0 Å². The summed E-state index contributed by atoms with van der Waals surface area (Å²) in [7, 11) is 0. The highest BCUT2D eigenvalue weighted by Gasteiger charge is 2.11. The standard InChI is InChI=1S/C14H15N3S/c1-3-4-5-10-11-7-6-9(2)17-14(11)18-13(16)12(10)8-15/h6-7,16H,3-5H2,1-2H3. The highest BCUT2D eigenvalue weighted by Crippen LogP contribution is 2.23. The molecule has 2 aromatic heterocycles. The highest BCUT2D eigenvalue weighted by molar-refractivity contribution is 7.15. The molecule has 0 saturated carbocycles. The first-order chi connectivity index (χ1) is 8.67. The van der Waals surface area contributed by atoms with Crippen LogP contribution in [0.5, 0.6) is 0 Å². The Bertz CT molecular complexity index is 680. The summed E-state index contributed by atoms with van der Waals surface area (Å²) in [5.74, 6) is 0. The molecular weight excluding hydrogens is 242 g/mol. The summed E-state index contributed by atoms with van der Waals surface area (Å²) in [6, 6.07) is 6.17. The number of aryl methyl sites for hydroxylation is 2. The molecule has 0 aromatic carbocycles. The lowest BCUT2D eigenvalue weighted by Gasteiger charge is -2.08. The van der Waals surface area contributed by atoms with Crippen molar-refractivity contribution in [2.24, 2.45) is 0 Å². The molecule has 1 N–H and O–H groups in total. The van der Waals surface area contributed by atoms with E-state index in [0.717, 1.165) is 40.7 Å². The zero-order valence-corrected chi connectivity index (χ0v) is 11.4. The average molecular weight is 257 g/mol. The first-order valence-corrected chi connectivity index (χ1v) is 6.87. The zero-order chi connectivity index (χ0) is 13.1. The average Bonchev–Trinajstić information content (AvgIpc) is 2.35. The van der Waals surface area contributed by atoms with Crippen LogP contribution in [0.25, 0.3) is 10.2 Å². The quantitative estimate of drug-likeness (QED) is 0.917. The number of rotatable bonds is 3. The molecule has 3 nitrogen and oxygen atoms in total. The molecule has 2 rings (SSSR count). The maximum Gasteiger partial charge on any atom is 0.127 e. The fourth-order valence-electron chi connectivity index (χ4n) is 1.99. The summed E-state index contributed by atoms with van der Waals surface area (Å²) >= 11 is 1.29. The van der Waals surface area contributed by atoms with Crippen molar-refractivity contribution in [2.45, 2.75) is 33.1 Å². The van der Waals surface area contributed by atoms with E-state index in [9.17, 15) is 5.26 Å². The van der Waals surface area contributed by atoms with Gasteiger partial charge in [-0.25, -0.2) is 4.98 Å². The molecule has 18 heavy (non-hydrogen) atoms. The van der Waals surface area contributed by atoms with Gasteiger partial charge in [-0.3, -0.25) is 5.41 Å². The lowest BCUT2D eigenvalue weighted by Crippen LogP contribution is -2.07. The fraction of sp³-hybridized carbons (Fsp3) is 0.357. The molecule has 0 fully saturated rings. The van der Waals surface area contributed by atoms with Gasteiger partial charge in [0.25, 0.3) is 0 Å². The molecule has 2 aromatic rings. The third-order valence-electron chi connectivity index (χ3n) is 2.94. The summed E-state index contributed by atoms with van der Waals surface area (Å²) in [5.41, 5.74) is 2.46. The Labute approximate surface area is 110 Å². The maximum atomic E-state index is 9.23. The third kappa shape index (κ3) is 2.27. The van der Waals surface area contributed by atoms with Gasteiger partial charge in [0.2, 0.25) is 0 Å². The van der Waals surface area contributed by atoms with Crippen LogP contribution >= 0.6 is 11.3 Å². The number of unbranched alkanes of at least 4 members (excludes halogenated alkanes) is 1. The summed E-state index contributed by atoms with van der Waals surface area (Å²) < 4.78 is 0.328. The van der Waals surface area contributed by atoms with Gasteiger partial charge in [-0.2, -0.15) is 5.26 Å². The molecule has 0 unspecified atom stereocenters. The fourth-order valence-corrected chi connectivity index (χ4v) is 2.95. The summed E-state index contributed by atoms with van der Waals surface area (Å²) in [6.45, 7) is 4.07. The third-order valence-corrected chi connectivity index (χ3v) is 3.86. The molecule has 92 valence electrons. The molecule has 0 aliphatic carbocycles. The van der Waals surface area contributed by atoms with Gasteiger partial charge in [0, 0.05) is 11.1 Å². The van der Waals surface area contributed by atoms with E-state index in [-0.39, 0.29) is 0 Å². The second kappa shape index (κ2) is 5.28. The predicted molar refractivity (Wildman–Crippen MR) is 73.5 cm³/mol. The van der Waals surface area contributed by atoms with Crippen LogP contribution in [-0.4, -0.2) is 4.98 Å². The van der Waals surface area contributed by atoms with Crippen LogP contribution in [-0.2, 0) is 6.42 Å². The first-order valence-electron chi connectivity index (χ1n) is 6.05. The Balaban J connectivity index is 2.76. The summed E-state index contributed by atoms with van der Waals surface area (Å²) in [5, 5.41) is 18.2. The Morgan fingerprint density at radius 2 is 2.22 bits per heavy atom. The molecule has 0 radical (unpaired) electrons. The van der Waals surface area contributed by atoms with Crippen LogP contribution in [0, 0.1) is 23.7 Å². The van der Waals surface area contributed by atoms with Crippen molar-refractivity contribution in [1.29, 1.82) is 10.7 Å². The van der Waals surface area contributed by atoms with Gasteiger partial charge < -0.3 is 0 Å². The minimum absolute atomic E-state index is 0.328. The topological polar surface area (TPSA) is 60.5 Å². The molecule has 0 amide bonds. The van der Waals surface area contributed by atoms with E-state index in [2.05, 4.69) is 18.0 Å². The zero-order valence-electron chi connectivity index (χ0n) is 10.6. The highest BCUT2D eigenvalue weighted by atomic mass is 32.1. The van der Waals surface area contributed by atoms with Crippen LogP contribution in [0.2, 0.25) is 0 Å². The molecule has 0 atom stereocenters. The van der Waals surface area contributed by atoms with Crippen molar-refractivity contribution in [3.63, 3.8) is 0 Å². The van der Waals surface area contributed by atoms with Gasteiger partial charge in [0.15, 0.2) is 0 Å². The van der Waals surface area contributed by atoms with Crippen LogP contribution in [0.3, 0.4) is 0 Å². The lowest BCUT2D eigenvalue weighted by atomic mass is 10.0. The number of aromatic nitrogens is 1. The van der Waals surface area contributed by atoms with Crippen molar-refractivity contribution < 1.29 is 0 Å². The predicted octanol–water partition coefficient (Wildman–Crippen LogP) is 3.30. The van der Waals surface area contributed by atoms with Gasteiger partial charge in [0.05, 0.1) is 5.56 Å². The second-order valence-corrected chi connectivity index (χ2v) is 5.30. The van der Waals surface area contributed by atoms with Gasteiger partial charge in [-0.1, -0.05) is 24.7 Å². The molecule has 0 aliphatic rings. The van der Waals surface area contributed by atoms with Crippen molar-refractivity contribution in [3.8, 4) is 6.07 Å². The molecule has 4 heteroatoms. The smallest absolute Gasteiger partial charge is 0.127 e. The van der Waals surface area contributed by atoms with E-state index < -0.39 is 0 Å². The molecule has 0 saturated heterocycles. The number of hydrogen-bond acceptors (Lipinski definition) is 4. The van der Waals surface area contributed by atoms with E-state index in [1.54, 1.807) is 0 Å². The lowest BCUT2D eigenvalue weighted by molar-refractivity contribution is 0.797. The van der Waals surface area contributed by atoms with Gasteiger partial charge in [0.1, 0.15) is 15.6 Å². The number of hydrogen-bond donors (Lipinski definition) is 1. The van der Waals surface area contributed by atoms with Crippen LogP contribution in [0.1, 0.15) is 36.6 Å². The largest absolute Gasteiger partial charge is 0.289 e. The molecule has 0 bridgehead atoms. The van der Waals surface area contributed by atoms with E-state index in [1.165, 1.54) is 11.3 Å². The van der Waals surface area contributed by atoms with Crippen LogP contribution < -0.4 is 4.67 Å². The Hall–Kier alpha value is -1.73. The molecule has 0 spiro atoms. The van der Waals surface area contributed by atoms with Crippen molar-refractivity contribution in [2.75, 3.05) is 0 Å². The Morgan fingerprint density at radius 3 is 2.89 bits per heavy atom. The van der Waals surface area contributed by atoms with Gasteiger partial charge >= 0.3 is 0 Å². The van der Waals surface area contributed by atoms with Crippen molar-refractivity contribution >= 4 is 21.6 Å². The van der Waals surface area contributed by atoms with Crippen molar-refractivity contribution in [3.05, 3.63) is 33.6 Å². The minimum atomic E-state index is 0.328. The van der Waals surface area contributed by atoms with E-state index in [1.807, 2.05) is 19.1 Å². The van der Waals surface area contributed by atoms with Gasteiger partial charge in [-0.05, 0) is 37.5 Å². The van der Waals surface area contributed by atoms with Crippen molar-refractivity contribution in [1.82, 2.24) is 4.98 Å². The SMILES string of the molecule is CCCCc1c(C#N)c(=N)sc2nc(C)ccc12. The van der Waals surface area contributed by atoms with Gasteiger partial charge in [-0.15, -0.1) is 0 Å². The second-order valence-electron chi connectivity index (χ2n) is 4.31. The number of pyridine rings is 1. The minimum Gasteiger partial charge on any atom is -0.289 e. The Kier molecular flexibility index (Phi) is 3.73. The maximum absolute atomic E-state index is 9.23. The summed E-state index contributed by atoms with van der Waals surface area (Å²) in [4.78, 5) is 5.34. The molecular formula is C14H15N3S. The number of fused-ring (bicyclic) bond motifs is 1. The van der Waals surface area contributed by atoms with E-state index in [0.29, 0.717) is 10.2 Å². The monoisotopic (exact) mass is 257 g/mol. The first kappa shape index (κ1) is 12.7. The normalized spacial score (nSPS) is 10.5. The number of nitriles is 1.